The normalized spacial score (nSPS) is 11.2. The molecule has 0 aliphatic rings. The van der Waals surface area contributed by atoms with Crippen molar-refractivity contribution in [1.29, 1.82) is 0 Å². The molecule has 0 spiro atoms. The molecule has 0 radical (unpaired) electrons. The minimum Gasteiger partial charge on any atom is -0.380 e. The number of fused-ring (bicyclic) bond motifs is 1. The molecule has 0 aliphatic carbocycles. The third-order valence-electron chi connectivity index (χ3n) is 3.12. The lowest BCUT2D eigenvalue weighted by Gasteiger charge is -2.14. The van der Waals surface area contributed by atoms with Crippen LogP contribution in [0, 0.1) is 0 Å². The maximum absolute atomic E-state index is 5.23. The first kappa shape index (κ1) is 12.8. The first-order valence-corrected chi connectivity index (χ1v) is 6.26. The fourth-order valence-corrected chi connectivity index (χ4v) is 2.19. The fourth-order valence-electron chi connectivity index (χ4n) is 2.19. The number of hydrogen-bond donors (Lipinski definition) is 1. The van der Waals surface area contributed by atoms with Gasteiger partial charge in [0, 0.05) is 25.1 Å². The number of pyridine rings is 1. The Morgan fingerprint density at radius 2 is 2.11 bits per heavy atom. The summed E-state index contributed by atoms with van der Waals surface area (Å²) in [5.74, 6) is 1.41. The van der Waals surface area contributed by atoms with Gasteiger partial charge in [0.05, 0.1) is 12.1 Å². The molecule has 96 valence electrons. The highest BCUT2D eigenvalue weighted by Crippen LogP contribution is 2.28. The predicted octanol–water partition coefficient (Wildman–Crippen LogP) is 3.55. The third kappa shape index (κ3) is 2.31. The van der Waals surface area contributed by atoms with Crippen molar-refractivity contribution in [3.63, 3.8) is 0 Å². The van der Waals surface area contributed by atoms with Gasteiger partial charge in [-0.1, -0.05) is 32.0 Å². The molecule has 0 bridgehead atoms. The summed E-state index contributed by atoms with van der Waals surface area (Å²) in [6.45, 7) is 4.96. The van der Waals surface area contributed by atoms with Crippen LogP contribution in [-0.2, 0) is 11.3 Å². The van der Waals surface area contributed by atoms with Crippen LogP contribution >= 0.6 is 0 Å². The molecule has 3 nitrogen and oxygen atoms in total. The number of nitrogens with one attached hydrogen (secondary N) is 1. The zero-order chi connectivity index (χ0) is 13.1. The van der Waals surface area contributed by atoms with Crippen molar-refractivity contribution in [3.05, 3.63) is 35.4 Å². The number of nitrogens with zero attached hydrogens (tertiary/aromatic N) is 1. The summed E-state index contributed by atoms with van der Waals surface area (Å²) in [6.07, 6.45) is 0. The van der Waals surface area contributed by atoms with Crippen LogP contribution in [0.15, 0.2) is 24.3 Å². The molecule has 3 heteroatoms. The minimum atomic E-state index is 0.454. The summed E-state index contributed by atoms with van der Waals surface area (Å²) in [7, 11) is 3.62. The van der Waals surface area contributed by atoms with E-state index in [4.69, 9.17) is 9.72 Å². The lowest BCUT2D eigenvalue weighted by Crippen LogP contribution is -2.02. The van der Waals surface area contributed by atoms with Crippen LogP contribution in [0.2, 0.25) is 0 Å². The quantitative estimate of drug-likeness (QED) is 0.893. The Labute approximate surface area is 108 Å². The summed E-state index contributed by atoms with van der Waals surface area (Å²) < 4.78 is 5.23. The summed E-state index contributed by atoms with van der Waals surface area (Å²) in [4.78, 5) is 4.74. The predicted molar refractivity (Wildman–Crippen MR) is 76.1 cm³/mol. The van der Waals surface area contributed by atoms with Gasteiger partial charge in [-0.15, -0.1) is 0 Å². The number of ether oxygens (including phenoxy) is 1. The van der Waals surface area contributed by atoms with Crippen molar-refractivity contribution in [2.45, 2.75) is 26.4 Å². The van der Waals surface area contributed by atoms with Crippen LogP contribution in [0.25, 0.3) is 10.9 Å². The van der Waals surface area contributed by atoms with Crippen molar-refractivity contribution in [1.82, 2.24) is 4.98 Å². The van der Waals surface area contributed by atoms with Gasteiger partial charge in [0.25, 0.3) is 0 Å². The van der Waals surface area contributed by atoms with E-state index in [1.165, 1.54) is 10.9 Å². The minimum absolute atomic E-state index is 0.454. The Kier molecular flexibility index (Phi) is 3.82. The third-order valence-corrected chi connectivity index (χ3v) is 3.12. The van der Waals surface area contributed by atoms with E-state index >= 15 is 0 Å². The molecule has 0 unspecified atom stereocenters. The fraction of sp³-hybridized carbons (Fsp3) is 0.400. The number of hydrogen-bond acceptors (Lipinski definition) is 3. The van der Waals surface area contributed by atoms with Crippen molar-refractivity contribution >= 4 is 16.7 Å². The van der Waals surface area contributed by atoms with Gasteiger partial charge < -0.3 is 10.1 Å². The Bertz CT molecular complexity index is 549. The van der Waals surface area contributed by atoms with Crippen molar-refractivity contribution < 1.29 is 4.74 Å². The van der Waals surface area contributed by atoms with Crippen LogP contribution < -0.4 is 5.32 Å². The molecule has 0 saturated carbocycles. The van der Waals surface area contributed by atoms with Gasteiger partial charge in [0.15, 0.2) is 0 Å². The number of methoxy groups -OCH3 is 1. The van der Waals surface area contributed by atoms with E-state index in [2.05, 4.69) is 43.4 Å². The largest absolute Gasteiger partial charge is 0.380 e. The van der Waals surface area contributed by atoms with E-state index in [0.717, 1.165) is 16.9 Å². The zero-order valence-electron chi connectivity index (χ0n) is 11.4. The molecule has 0 aliphatic heterocycles. The van der Waals surface area contributed by atoms with Crippen LogP contribution in [0.4, 0.5) is 5.82 Å². The number of para-hydroxylation sites is 1. The highest BCUT2D eigenvalue weighted by atomic mass is 16.5. The average Bonchev–Trinajstić information content (AvgIpc) is 2.38. The molecular formula is C15H20N2O. The summed E-state index contributed by atoms with van der Waals surface area (Å²) in [6, 6.07) is 8.44. The van der Waals surface area contributed by atoms with E-state index in [1.54, 1.807) is 7.11 Å². The second-order valence-electron chi connectivity index (χ2n) is 4.75. The first-order chi connectivity index (χ1) is 8.67. The molecule has 2 aromatic rings. The van der Waals surface area contributed by atoms with Crippen molar-refractivity contribution in [2.24, 2.45) is 0 Å². The molecule has 1 aromatic carbocycles. The molecule has 1 heterocycles. The lowest BCUT2D eigenvalue weighted by molar-refractivity contribution is 0.186. The second-order valence-corrected chi connectivity index (χ2v) is 4.75. The number of anilines is 1. The smallest absolute Gasteiger partial charge is 0.129 e. The van der Waals surface area contributed by atoms with Crippen molar-refractivity contribution in [3.8, 4) is 0 Å². The number of aromatic nitrogens is 1. The van der Waals surface area contributed by atoms with E-state index in [9.17, 15) is 0 Å². The molecule has 0 atom stereocenters. The first-order valence-electron chi connectivity index (χ1n) is 6.26. The lowest BCUT2D eigenvalue weighted by atomic mass is 10.0. The van der Waals surface area contributed by atoms with E-state index in [1.807, 2.05) is 7.05 Å². The van der Waals surface area contributed by atoms with Gasteiger partial charge in [-0.05, 0) is 17.5 Å². The van der Waals surface area contributed by atoms with Crippen molar-refractivity contribution in [2.75, 3.05) is 19.5 Å². The van der Waals surface area contributed by atoms with Crippen LogP contribution in [-0.4, -0.2) is 19.1 Å². The molecule has 1 aromatic heterocycles. The summed E-state index contributed by atoms with van der Waals surface area (Å²) in [5, 5.41) is 4.36. The van der Waals surface area contributed by atoms with Gasteiger partial charge in [-0.3, -0.25) is 0 Å². The standard InChI is InChI=1S/C15H20N2O/c1-10(2)13-8-11-6-5-7-12(9-18-4)14(11)17-15(13)16-3/h5-8,10H,9H2,1-4H3,(H,16,17). The zero-order valence-corrected chi connectivity index (χ0v) is 11.4. The monoisotopic (exact) mass is 244 g/mol. The van der Waals surface area contributed by atoms with E-state index < -0.39 is 0 Å². The summed E-state index contributed by atoms with van der Waals surface area (Å²) >= 11 is 0. The molecule has 2 rings (SSSR count). The second kappa shape index (κ2) is 5.36. The topological polar surface area (TPSA) is 34.2 Å². The van der Waals surface area contributed by atoms with Crippen LogP contribution in [0.3, 0.4) is 0 Å². The Morgan fingerprint density at radius 3 is 2.72 bits per heavy atom. The van der Waals surface area contributed by atoms with E-state index in [0.29, 0.717) is 12.5 Å². The van der Waals surface area contributed by atoms with Crippen LogP contribution in [0.5, 0.6) is 0 Å². The van der Waals surface area contributed by atoms with Gasteiger partial charge in [0.2, 0.25) is 0 Å². The van der Waals surface area contributed by atoms with Gasteiger partial charge >= 0.3 is 0 Å². The molecule has 1 N–H and O–H groups in total. The molecule has 0 saturated heterocycles. The Hall–Kier alpha value is -1.61. The highest BCUT2D eigenvalue weighted by molar-refractivity contribution is 5.84. The molecule has 18 heavy (non-hydrogen) atoms. The van der Waals surface area contributed by atoms with Crippen LogP contribution in [0.1, 0.15) is 30.9 Å². The SMILES string of the molecule is CNc1nc2c(COC)cccc2cc1C(C)C. The van der Waals surface area contributed by atoms with Gasteiger partial charge in [-0.2, -0.15) is 0 Å². The Balaban J connectivity index is 2.66. The Morgan fingerprint density at radius 1 is 1.33 bits per heavy atom. The molecule has 0 amide bonds. The summed E-state index contributed by atoms with van der Waals surface area (Å²) in [5.41, 5.74) is 3.40. The van der Waals surface area contributed by atoms with Gasteiger partial charge in [-0.25, -0.2) is 4.98 Å². The number of benzene rings is 1. The molecule has 0 fully saturated rings. The van der Waals surface area contributed by atoms with E-state index in [-0.39, 0.29) is 0 Å². The maximum atomic E-state index is 5.23. The number of rotatable bonds is 4. The molecular weight excluding hydrogens is 224 g/mol. The average molecular weight is 244 g/mol. The maximum Gasteiger partial charge on any atom is 0.129 e. The van der Waals surface area contributed by atoms with Gasteiger partial charge in [0.1, 0.15) is 5.82 Å². The highest BCUT2D eigenvalue weighted by Gasteiger charge is 2.11.